The third-order valence-electron chi connectivity index (χ3n) is 4.52. The van der Waals surface area contributed by atoms with Crippen molar-refractivity contribution in [3.8, 4) is 0 Å². The van der Waals surface area contributed by atoms with Gasteiger partial charge in [0.1, 0.15) is 0 Å². The molecule has 20 heavy (non-hydrogen) atoms. The number of nitrogens with one attached hydrogen (secondary N) is 1. The highest BCUT2D eigenvalue weighted by Gasteiger charge is 2.24. The monoisotopic (exact) mass is 274 g/mol. The summed E-state index contributed by atoms with van der Waals surface area (Å²) in [5, 5.41) is 3.72. The average molecular weight is 274 g/mol. The molecule has 1 aromatic carbocycles. The van der Waals surface area contributed by atoms with E-state index in [-0.39, 0.29) is 0 Å². The fraction of sp³-hybridized carbons (Fsp3) is 0.667. The predicted molar refractivity (Wildman–Crippen MR) is 88.4 cm³/mol. The smallest absolute Gasteiger partial charge is 0.0345 e. The minimum atomic E-state index is 0.557. The molecule has 2 nitrogen and oxygen atoms in total. The van der Waals surface area contributed by atoms with Crippen LogP contribution in [-0.2, 0) is 6.42 Å². The van der Waals surface area contributed by atoms with Crippen molar-refractivity contribution in [1.29, 1.82) is 0 Å². The Morgan fingerprint density at radius 3 is 2.95 bits per heavy atom. The normalized spacial score (nSPS) is 21.6. The van der Waals surface area contributed by atoms with Gasteiger partial charge in [-0.25, -0.2) is 0 Å². The zero-order chi connectivity index (χ0) is 14.4. The maximum Gasteiger partial charge on any atom is 0.0345 e. The molecule has 112 valence electrons. The number of nitrogens with zero attached hydrogens (tertiary/aromatic N) is 1. The predicted octanol–water partition coefficient (Wildman–Crippen LogP) is 4.17. The molecule has 1 aliphatic rings. The molecule has 0 aliphatic carbocycles. The highest BCUT2D eigenvalue weighted by molar-refractivity contribution is 5.46. The fourth-order valence-corrected chi connectivity index (χ4v) is 3.28. The van der Waals surface area contributed by atoms with Crippen molar-refractivity contribution in [3.05, 3.63) is 29.8 Å². The number of benzene rings is 1. The molecule has 2 heteroatoms. The fourth-order valence-electron chi connectivity index (χ4n) is 3.28. The van der Waals surface area contributed by atoms with Gasteiger partial charge in [0.2, 0.25) is 0 Å². The molecule has 0 amide bonds. The molecule has 0 spiro atoms. The molecule has 0 bridgehead atoms. The zero-order valence-corrected chi connectivity index (χ0v) is 13.4. The number of rotatable bonds is 6. The van der Waals surface area contributed by atoms with Gasteiger partial charge < -0.3 is 10.2 Å². The van der Waals surface area contributed by atoms with Crippen molar-refractivity contribution in [2.75, 3.05) is 25.0 Å². The Labute approximate surface area is 124 Å². The minimum absolute atomic E-state index is 0.557. The van der Waals surface area contributed by atoms with E-state index in [1.165, 1.54) is 50.1 Å². The Bertz CT molecular complexity index is 400. The molecule has 0 radical (unpaired) electrons. The van der Waals surface area contributed by atoms with E-state index in [9.17, 15) is 0 Å². The number of aryl methyl sites for hydroxylation is 1. The van der Waals surface area contributed by atoms with Gasteiger partial charge in [0.25, 0.3) is 0 Å². The summed E-state index contributed by atoms with van der Waals surface area (Å²) >= 11 is 0. The highest BCUT2D eigenvalue weighted by atomic mass is 15.1. The summed E-state index contributed by atoms with van der Waals surface area (Å²) in [5.74, 6) is 0.778. The van der Waals surface area contributed by atoms with Crippen LogP contribution in [0.5, 0.6) is 0 Å². The molecular weight excluding hydrogens is 244 g/mol. The third-order valence-corrected chi connectivity index (χ3v) is 4.52. The van der Waals surface area contributed by atoms with E-state index < -0.39 is 0 Å². The second-order valence-corrected chi connectivity index (χ2v) is 6.19. The van der Waals surface area contributed by atoms with Crippen LogP contribution in [0.25, 0.3) is 0 Å². The van der Waals surface area contributed by atoms with Gasteiger partial charge in [0.05, 0.1) is 0 Å². The third kappa shape index (κ3) is 4.24. The Hall–Kier alpha value is -1.02. The molecule has 0 aromatic heterocycles. The van der Waals surface area contributed by atoms with Crippen molar-refractivity contribution >= 4 is 5.69 Å². The van der Waals surface area contributed by atoms with Gasteiger partial charge in [-0.2, -0.15) is 0 Å². The second kappa shape index (κ2) is 7.68. The minimum Gasteiger partial charge on any atom is -0.382 e. The van der Waals surface area contributed by atoms with E-state index >= 15 is 0 Å². The van der Waals surface area contributed by atoms with Crippen molar-refractivity contribution in [1.82, 2.24) is 4.90 Å². The van der Waals surface area contributed by atoms with Gasteiger partial charge in [-0.05, 0) is 69.3 Å². The van der Waals surface area contributed by atoms with Crippen LogP contribution in [0.3, 0.4) is 0 Å². The molecule has 1 fully saturated rings. The molecule has 2 rings (SSSR count). The molecule has 1 aliphatic heterocycles. The first-order valence-corrected chi connectivity index (χ1v) is 8.30. The van der Waals surface area contributed by atoms with E-state index in [2.05, 4.69) is 55.3 Å². The van der Waals surface area contributed by atoms with Crippen LogP contribution in [0.1, 0.15) is 45.6 Å². The lowest BCUT2D eigenvalue weighted by Gasteiger charge is -2.36. The van der Waals surface area contributed by atoms with E-state index in [1.807, 2.05) is 0 Å². The second-order valence-electron chi connectivity index (χ2n) is 6.19. The number of hydrogen-bond acceptors (Lipinski definition) is 2. The highest BCUT2D eigenvalue weighted by Crippen LogP contribution is 2.23. The van der Waals surface area contributed by atoms with Gasteiger partial charge >= 0.3 is 0 Å². The average Bonchev–Trinajstić information content (AvgIpc) is 2.48. The molecule has 1 aromatic rings. The lowest BCUT2D eigenvalue weighted by atomic mass is 9.91. The van der Waals surface area contributed by atoms with E-state index in [0.29, 0.717) is 6.04 Å². The summed E-state index contributed by atoms with van der Waals surface area (Å²) in [6, 6.07) is 9.42. The van der Waals surface area contributed by atoms with E-state index in [4.69, 9.17) is 0 Å². The molecule has 1 saturated heterocycles. The summed E-state index contributed by atoms with van der Waals surface area (Å²) in [5.41, 5.74) is 2.70. The summed E-state index contributed by atoms with van der Waals surface area (Å²) < 4.78 is 0. The van der Waals surface area contributed by atoms with Gasteiger partial charge in [0, 0.05) is 18.3 Å². The zero-order valence-electron chi connectivity index (χ0n) is 13.4. The Balaban J connectivity index is 1.91. The first kappa shape index (κ1) is 15.4. The van der Waals surface area contributed by atoms with Gasteiger partial charge in [-0.3, -0.25) is 0 Å². The first-order chi connectivity index (χ1) is 9.72. The van der Waals surface area contributed by atoms with Crippen LogP contribution in [0, 0.1) is 5.92 Å². The van der Waals surface area contributed by atoms with Crippen molar-refractivity contribution in [2.45, 2.75) is 52.5 Å². The van der Waals surface area contributed by atoms with Crippen LogP contribution < -0.4 is 5.32 Å². The van der Waals surface area contributed by atoms with E-state index in [1.54, 1.807) is 0 Å². The largest absolute Gasteiger partial charge is 0.382 e. The maximum atomic E-state index is 3.72. The van der Waals surface area contributed by atoms with Crippen LogP contribution in [0.2, 0.25) is 0 Å². The SMILES string of the molecule is CCCN1CCCC(C(C)Nc2cccc(CC)c2)C1. The van der Waals surface area contributed by atoms with Crippen molar-refractivity contribution in [2.24, 2.45) is 5.92 Å². The quantitative estimate of drug-likeness (QED) is 0.837. The van der Waals surface area contributed by atoms with E-state index in [0.717, 1.165) is 12.3 Å². The molecular formula is C18H30N2. The van der Waals surface area contributed by atoms with Gasteiger partial charge in [-0.15, -0.1) is 0 Å². The maximum absolute atomic E-state index is 3.72. The summed E-state index contributed by atoms with van der Waals surface area (Å²) in [7, 11) is 0. The Morgan fingerprint density at radius 1 is 1.35 bits per heavy atom. The summed E-state index contributed by atoms with van der Waals surface area (Å²) in [4.78, 5) is 2.63. The number of piperidine rings is 1. The first-order valence-electron chi connectivity index (χ1n) is 8.30. The van der Waals surface area contributed by atoms with Crippen LogP contribution in [0.4, 0.5) is 5.69 Å². The topological polar surface area (TPSA) is 15.3 Å². The standard InChI is InChI=1S/C18H30N2/c1-4-11-20-12-7-9-17(14-20)15(3)19-18-10-6-8-16(5-2)13-18/h6,8,10,13,15,17,19H,4-5,7,9,11-12,14H2,1-3H3. The summed E-state index contributed by atoms with van der Waals surface area (Å²) in [6.07, 6.45) is 5.10. The summed E-state index contributed by atoms with van der Waals surface area (Å²) in [6.45, 7) is 10.7. The molecule has 1 heterocycles. The number of anilines is 1. The molecule has 2 atom stereocenters. The Morgan fingerprint density at radius 2 is 2.20 bits per heavy atom. The molecule has 2 unspecified atom stereocenters. The molecule has 0 saturated carbocycles. The number of hydrogen-bond donors (Lipinski definition) is 1. The lowest BCUT2D eigenvalue weighted by Crippen LogP contribution is -2.42. The Kier molecular flexibility index (Phi) is 5.90. The van der Waals surface area contributed by atoms with Crippen LogP contribution in [-0.4, -0.2) is 30.6 Å². The van der Waals surface area contributed by atoms with Gasteiger partial charge in [0.15, 0.2) is 0 Å². The number of likely N-dealkylation sites (tertiary alicyclic amines) is 1. The van der Waals surface area contributed by atoms with Gasteiger partial charge in [-0.1, -0.05) is 26.0 Å². The molecule has 1 N–H and O–H groups in total. The van der Waals surface area contributed by atoms with Crippen molar-refractivity contribution < 1.29 is 0 Å². The lowest BCUT2D eigenvalue weighted by molar-refractivity contribution is 0.165. The van der Waals surface area contributed by atoms with Crippen LogP contribution >= 0.6 is 0 Å². The van der Waals surface area contributed by atoms with Crippen molar-refractivity contribution in [3.63, 3.8) is 0 Å². The van der Waals surface area contributed by atoms with Crippen LogP contribution in [0.15, 0.2) is 24.3 Å².